The Labute approximate surface area is 155 Å². The number of aromatic nitrogens is 1. The van der Waals surface area contributed by atoms with E-state index in [0.29, 0.717) is 31.0 Å². The molecule has 8 heteroatoms. The van der Waals surface area contributed by atoms with Crippen LogP contribution < -0.4 is 4.90 Å². The van der Waals surface area contributed by atoms with Gasteiger partial charge in [0, 0.05) is 18.3 Å². The molecule has 0 N–H and O–H groups in total. The Morgan fingerprint density at radius 2 is 2.15 bits per heavy atom. The van der Waals surface area contributed by atoms with E-state index in [9.17, 15) is 14.0 Å². The predicted molar refractivity (Wildman–Crippen MR) is 93.8 cm³/mol. The molecule has 2 aromatic rings. The molecule has 1 aromatic heterocycles. The van der Waals surface area contributed by atoms with Gasteiger partial charge in [0.1, 0.15) is 23.8 Å². The molecule has 0 bridgehead atoms. The topological polar surface area (TPSA) is 75.9 Å². The molecular formula is C19H20FN3O4. The van der Waals surface area contributed by atoms with E-state index in [4.69, 9.17) is 9.26 Å². The van der Waals surface area contributed by atoms with Crippen molar-refractivity contribution in [1.82, 2.24) is 10.1 Å². The van der Waals surface area contributed by atoms with Crippen LogP contribution >= 0.6 is 0 Å². The van der Waals surface area contributed by atoms with Crippen LogP contribution in [0.25, 0.3) is 0 Å². The molecule has 2 saturated heterocycles. The fourth-order valence-corrected chi connectivity index (χ4v) is 3.74. The first-order valence-corrected chi connectivity index (χ1v) is 8.88. The summed E-state index contributed by atoms with van der Waals surface area (Å²) in [5.74, 6) is -0.268. The lowest BCUT2D eigenvalue weighted by Crippen LogP contribution is -2.62. The number of anilines is 1. The molecule has 0 radical (unpaired) electrons. The number of likely N-dealkylation sites (tertiary alicyclic amines) is 1. The van der Waals surface area contributed by atoms with Gasteiger partial charge in [-0.2, -0.15) is 0 Å². The van der Waals surface area contributed by atoms with Gasteiger partial charge in [-0.05, 0) is 38.0 Å². The summed E-state index contributed by atoms with van der Waals surface area (Å²) in [4.78, 5) is 28.3. The van der Waals surface area contributed by atoms with Crippen molar-refractivity contribution >= 4 is 17.5 Å². The zero-order valence-corrected chi connectivity index (χ0v) is 15.0. The third-order valence-corrected chi connectivity index (χ3v) is 5.04. The van der Waals surface area contributed by atoms with Crippen molar-refractivity contribution in [2.45, 2.75) is 25.4 Å². The molecule has 1 atom stereocenters. The molecule has 4 rings (SSSR count). The lowest BCUT2D eigenvalue weighted by atomic mass is 9.90. The van der Waals surface area contributed by atoms with Crippen LogP contribution in [0.2, 0.25) is 0 Å². The lowest BCUT2D eigenvalue weighted by molar-refractivity contribution is -0.144. The summed E-state index contributed by atoms with van der Waals surface area (Å²) in [7, 11) is 0. The molecule has 142 valence electrons. The molecule has 0 aliphatic carbocycles. The van der Waals surface area contributed by atoms with E-state index in [1.54, 1.807) is 34.9 Å². The summed E-state index contributed by atoms with van der Waals surface area (Å²) in [5.41, 5.74) is 0.0871. The minimum Gasteiger partial charge on any atom is -0.361 e. The number of benzene rings is 1. The van der Waals surface area contributed by atoms with Crippen molar-refractivity contribution in [3.63, 3.8) is 0 Å². The van der Waals surface area contributed by atoms with Crippen LogP contribution in [0, 0.1) is 12.7 Å². The normalized spacial score (nSPS) is 23.1. The summed E-state index contributed by atoms with van der Waals surface area (Å²) in [5, 5.41) is 3.80. The first kappa shape index (κ1) is 17.7. The van der Waals surface area contributed by atoms with Crippen LogP contribution in [-0.4, -0.2) is 53.7 Å². The second-order valence-corrected chi connectivity index (χ2v) is 7.08. The van der Waals surface area contributed by atoms with Crippen LogP contribution in [-0.2, 0) is 9.53 Å². The Kier molecular flexibility index (Phi) is 4.43. The predicted octanol–water partition coefficient (Wildman–Crippen LogP) is 2.16. The van der Waals surface area contributed by atoms with Crippen molar-refractivity contribution in [3.05, 3.63) is 47.6 Å². The SMILES string of the molecule is Cc1cc(C(=O)N2CCCC3(C2)CN(c2cccc(F)c2)C(=O)CO3)no1. The monoisotopic (exact) mass is 373 g/mol. The summed E-state index contributed by atoms with van der Waals surface area (Å²) >= 11 is 0. The summed E-state index contributed by atoms with van der Waals surface area (Å²) < 4.78 is 24.5. The smallest absolute Gasteiger partial charge is 0.276 e. The minimum atomic E-state index is -0.674. The second kappa shape index (κ2) is 6.77. The van der Waals surface area contributed by atoms with E-state index >= 15 is 0 Å². The molecule has 3 heterocycles. The number of piperidine rings is 1. The van der Waals surface area contributed by atoms with Gasteiger partial charge in [-0.1, -0.05) is 11.2 Å². The van der Waals surface area contributed by atoms with E-state index < -0.39 is 11.4 Å². The first-order chi connectivity index (χ1) is 13.0. The number of carbonyl (C=O) groups is 2. The third-order valence-electron chi connectivity index (χ3n) is 5.04. The number of morpholine rings is 1. The van der Waals surface area contributed by atoms with Crippen LogP contribution in [0.3, 0.4) is 0 Å². The zero-order valence-electron chi connectivity index (χ0n) is 15.0. The van der Waals surface area contributed by atoms with Gasteiger partial charge in [-0.15, -0.1) is 0 Å². The summed E-state index contributed by atoms with van der Waals surface area (Å²) in [6.45, 7) is 2.84. The average molecular weight is 373 g/mol. The zero-order chi connectivity index (χ0) is 19.0. The maximum Gasteiger partial charge on any atom is 0.276 e. The number of nitrogens with zero attached hydrogens (tertiary/aromatic N) is 3. The molecule has 1 aromatic carbocycles. The van der Waals surface area contributed by atoms with E-state index in [0.717, 1.165) is 6.42 Å². The molecule has 0 saturated carbocycles. The van der Waals surface area contributed by atoms with Gasteiger partial charge >= 0.3 is 0 Å². The maximum atomic E-state index is 13.6. The fraction of sp³-hybridized carbons (Fsp3) is 0.421. The molecule has 7 nitrogen and oxygen atoms in total. The molecule has 2 aliphatic rings. The average Bonchev–Trinajstić information content (AvgIpc) is 3.10. The Morgan fingerprint density at radius 3 is 2.89 bits per heavy atom. The van der Waals surface area contributed by atoms with Gasteiger partial charge in [-0.25, -0.2) is 4.39 Å². The second-order valence-electron chi connectivity index (χ2n) is 7.08. The van der Waals surface area contributed by atoms with E-state index in [-0.39, 0.29) is 30.7 Å². The van der Waals surface area contributed by atoms with Crippen molar-refractivity contribution in [1.29, 1.82) is 0 Å². The van der Waals surface area contributed by atoms with Crippen molar-refractivity contribution in [3.8, 4) is 0 Å². The molecule has 27 heavy (non-hydrogen) atoms. The Morgan fingerprint density at radius 1 is 1.30 bits per heavy atom. The Balaban J connectivity index is 1.55. The number of halogens is 1. The largest absolute Gasteiger partial charge is 0.361 e. The van der Waals surface area contributed by atoms with Crippen LogP contribution in [0.15, 0.2) is 34.9 Å². The van der Waals surface area contributed by atoms with E-state index in [1.165, 1.54) is 12.1 Å². The molecule has 2 fully saturated rings. The van der Waals surface area contributed by atoms with Gasteiger partial charge in [0.15, 0.2) is 5.69 Å². The van der Waals surface area contributed by atoms with Gasteiger partial charge in [0.2, 0.25) is 0 Å². The maximum absolute atomic E-state index is 13.6. The number of amides is 2. The highest BCUT2D eigenvalue weighted by molar-refractivity contribution is 5.95. The van der Waals surface area contributed by atoms with Crippen molar-refractivity contribution in [2.75, 3.05) is 31.1 Å². The third kappa shape index (κ3) is 3.44. The fourth-order valence-electron chi connectivity index (χ4n) is 3.74. The number of rotatable bonds is 2. The van der Waals surface area contributed by atoms with Gasteiger partial charge in [-0.3, -0.25) is 9.59 Å². The first-order valence-electron chi connectivity index (χ1n) is 8.88. The lowest BCUT2D eigenvalue weighted by Gasteiger charge is -2.47. The highest BCUT2D eigenvalue weighted by Crippen LogP contribution is 2.32. The highest BCUT2D eigenvalue weighted by atomic mass is 19.1. The van der Waals surface area contributed by atoms with Crippen molar-refractivity contribution in [2.24, 2.45) is 0 Å². The number of carbonyl (C=O) groups excluding carboxylic acids is 2. The van der Waals surface area contributed by atoms with Gasteiger partial charge in [0.25, 0.3) is 11.8 Å². The minimum absolute atomic E-state index is 0.0956. The number of aryl methyl sites for hydroxylation is 1. The molecule has 2 aliphatic heterocycles. The van der Waals surface area contributed by atoms with Crippen LogP contribution in [0.5, 0.6) is 0 Å². The summed E-state index contributed by atoms with van der Waals surface area (Å²) in [6.07, 6.45) is 1.46. The molecular weight excluding hydrogens is 353 g/mol. The molecule has 1 unspecified atom stereocenters. The van der Waals surface area contributed by atoms with Gasteiger partial charge < -0.3 is 19.1 Å². The van der Waals surface area contributed by atoms with Crippen molar-refractivity contribution < 1.29 is 23.2 Å². The van der Waals surface area contributed by atoms with Crippen LogP contribution in [0.4, 0.5) is 10.1 Å². The van der Waals surface area contributed by atoms with E-state index in [1.807, 2.05) is 0 Å². The number of ether oxygens (including phenoxy) is 1. The molecule has 1 spiro atoms. The van der Waals surface area contributed by atoms with Gasteiger partial charge in [0.05, 0.1) is 13.1 Å². The number of hydrogen-bond donors (Lipinski definition) is 0. The van der Waals surface area contributed by atoms with E-state index in [2.05, 4.69) is 5.16 Å². The standard InChI is InChI=1S/C19H20FN3O4/c1-13-8-16(21-27-13)18(25)22-7-3-6-19(11-22)12-23(17(24)10-26-19)15-5-2-4-14(20)9-15/h2,4-5,8-9H,3,6-7,10-12H2,1H3. The number of hydrogen-bond acceptors (Lipinski definition) is 5. The Hall–Kier alpha value is -2.74. The Bertz CT molecular complexity index is 883. The summed E-state index contributed by atoms with van der Waals surface area (Å²) in [6, 6.07) is 7.55. The van der Waals surface area contributed by atoms with Crippen LogP contribution in [0.1, 0.15) is 29.1 Å². The highest BCUT2D eigenvalue weighted by Gasteiger charge is 2.44. The quantitative estimate of drug-likeness (QED) is 0.806. The molecule has 2 amide bonds.